The Morgan fingerprint density at radius 1 is 0.939 bits per heavy atom. The van der Waals surface area contributed by atoms with E-state index in [2.05, 4.69) is 0 Å². The summed E-state index contributed by atoms with van der Waals surface area (Å²) in [4.78, 5) is 27.4. The summed E-state index contributed by atoms with van der Waals surface area (Å²) >= 11 is 6.46. The topological polar surface area (TPSA) is 79.2 Å². The van der Waals surface area contributed by atoms with Gasteiger partial charge in [-0.2, -0.15) is 0 Å². The molecule has 166 valence electrons. The van der Waals surface area contributed by atoms with Gasteiger partial charge in [-0.15, -0.1) is 0 Å². The molecule has 0 aliphatic carbocycles. The molecule has 1 aromatic heterocycles. The number of nitrogens with zero attached hydrogens (tertiary/aromatic N) is 2. The minimum Gasteiger partial charge on any atom is -0.476 e. The van der Waals surface area contributed by atoms with Crippen LogP contribution in [0.3, 0.4) is 0 Å². The van der Waals surface area contributed by atoms with E-state index in [1.54, 1.807) is 24.3 Å². The van der Waals surface area contributed by atoms with Crippen LogP contribution in [0.2, 0.25) is 5.02 Å². The molecule has 0 spiro atoms. The Bertz CT molecular complexity index is 1410. The van der Waals surface area contributed by atoms with E-state index in [0.29, 0.717) is 17.0 Å². The van der Waals surface area contributed by atoms with Crippen molar-refractivity contribution in [2.75, 3.05) is 6.61 Å². The minimum absolute atomic E-state index is 0.218. The highest BCUT2D eigenvalue weighted by Gasteiger charge is 2.34. The van der Waals surface area contributed by atoms with Crippen molar-refractivity contribution in [1.82, 2.24) is 9.13 Å². The normalized spacial score (nSPS) is 15.6. The Hall–Kier alpha value is -3.61. The van der Waals surface area contributed by atoms with Gasteiger partial charge < -0.3 is 10.5 Å². The number of fused-ring (bicyclic) bond motifs is 1. The van der Waals surface area contributed by atoms with Crippen LogP contribution in [0.1, 0.15) is 23.3 Å². The summed E-state index contributed by atoms with van der Waals surface area (Å²) in [6, 6.07) is 25.8. The summed E-state index contributed by atoms with van der Waals surface area (Å²) in [5.41, 5.74) is 8.03. The maximum absolute atomic E-state index is 13.7. The summed E-state index contributed by atoms with van der Waals surface area (Å²) in [7, 11) is 0. The third-order valence-corrected chi connectivity index (χ3v) is 6.24. The summed E-state index contributed by atoms with van der Waals surface area (Å²) in [6.45, 7) is 0.230. The molecule has 2 heterocycles. The highest BCUT2D eigenvalue weighted by Crippen LogP contribution is 2.37. The monoisotopic (exact) mass is 459 g/mol. The van der Waals surface area contributed by atoms with Crippen LogP contribution in [0.5, 0.6) is 5.88 Å². The van der Waals surface area contributed by atoms with Crippen LogP contribution in [0, 0.1) is 0 Å². The van der Waals surface area contributed by atoms with Crippen LogP contribution in [0.25, 0.3) is 11.1 Å². The molecule has 4 aromatic rings. The van der Waals surface area contributed by atoms with Gasteiger partial charge in [0.05, 0.1) is 6.17 Å². The predicted octanol–water partition coefficient (Wildman–Crippen LogP) is 4.01. The Morgan fingerprint density at radius 3 is 2.27 bits per heavy atom. The average molecular weight is 460 g/mol. The van der Waals surface area contributed by atoms with Crippen molar-refractivity contribution in [1.29, 1.82) is 0 Å². The van der Waals surface area contributed by atoms with Gasteiger partial charge in [0.15, 0.2) is 0 Å². The van der Waals surface area contributed by atoms with Crippen molar-refractivity contribution in [3.05, 3.63) is 122 Å². The number of rotatable bonds is 5. The average Bonchev–Trinajstić information content (AvgIpc) is 3.27. The second-order valence-electron chi connectivity index (χ2n) is 7.98. The van der Waals surface area contributed by atoms with Gasteiger partial charge in [-0.1, -0.05) is 90.5 Å². The number of aromatic nitrogens is 2. The van der Waals surface area contributed by atoms with E-state index in [1.165, 1.54) is 4.57 Å². The van der Waals surface area contributed by atoms with E-state index >= 15 is 0 Å². The van der Waals surface area contributed by atoms with E-state index in [9.17, 15) is 9.59 Å². The van der Waals surface area contributed by atoms with Crippen molar-refractivity contribution in [3.8, 4) is 17.0 Å². The first-order chi connectivity index (χ1) is 16.1. The molecule has 0 fully saturated rings. The molecule has 0 saturated heterocycles. The first kappa shape index (κ1) is 21.2. The largest absolute Gasteiger partial charge is 0.476 e. The van der Waals surface area contributed by atoms with Crippen LogP contribution < -0.4 is 21.7 Å². The van der Waals surface area contributed by atoms with Crippen LogP contribution in [-0.4, -0.2) is 15.7 Å². The second-order valence-corrected chi connectivity index (χ2v) is 8.39. The quantitative estimate of drug-likeness (QED) is 0.489. The lowest BCUT2D eigenvalue weighted by Crippen LogP contribution is -2.46. The van der Waals surface area contributed by atoms with Crippen LogP contribution in [-0.2, 0) is 6.42 Å². The van der Waals surface area contributed by atoms with Gasteiger partial charge in [-0.05, 0) is 17.2 Å². The van der Waals surface area contributed by atoms with Gasteiger partial charge in [0.1, 0.15) is 18.2 Å². The van der Waals surface area contributed by atoms with E-state index in [4.69, 9.17) is 22.1 Å². The van der Waals surface area contributed by atoms with E-state index < -0.39 is 17.4 Å². The van der Waals surface area contributed by atoms with E-state index in [-0.39, 0.29) is 24.1 Å². The zero-order valence-corrected chi connectivity index (χ0v) is 18.5. The highest BCUT2D eigenvalue weighted by molar-refractivity contribution is 6.33. The Labute approximate surface area is 195 Å². The third kappa shape index (κ3) is 3.77. The van der Waals surface area contributed by atoms with Crippen LogP contribution in [0.15, 0.2) is 94.5 Å². The van der Waals surface area contributed by atoms with E-state index in [0.717, 1.165) is 15.7 Å². The number of hydrogen-bond donors (Lipinski definition) is 1. The van der Waals surface area contributed by atoms with Gasteiger partial charge in [-0.25, -0.2) is 9.36 Å². The Morgan fingerprint density at radius 2 is 1.58 bits per heavy atom. The fourth-order valence-corrected chi connectivity index (χ4v) is 4.56. The maximum Gasteiger partial charge on any atom is 0.335 e. The minimum atomic E-state index is -0.858. The van der Waals surface area contributed by atoms with Crippen LogP contribution >= 0.6 is 11.6 Å². The molecule has 0 saturated carbocycles. The molecule has 6 nitrogen and oxygen atoms in total. The molecular formula is C26H22ClN3O3. The van der Waals surface area contributed by atoms with Gasteiger partial charge >= 0.3 is 5.69 Å². The van der Waals surface area contributed by atoms with Crippen molar-refractivity contribution in [2.24, 2.45) is 5.73 Å². The number of halogens is 1. The molecule has 2 N–H and O–H groups in total. The molecule has 2 atom stereocenters. The lowest BCUT2D eigenvalue weighted by molar-refractivity contribution is 0.343. The zero-order chi connectivity index (χ0) is 22.9. The summed E-state index contributed by atoms with van der Waals surface area (Å²) < 4.78 is 8.62. The molecule has 2 unspecified atom stereocenters. The molecule has 5 rings (SSSR count). The summed E-state index contributed by atoms with van der Waals surface area (Å²) in [5, 5.41) is 0.394. The van der Waals surface area contributed by atoms with Gasteiger partial charge in [0, 0.05) is 17.0 Å². The molecule has 33 heavy (non-hydrogen) atoms. The summed E-state index contributed by atoms with van der Waals surface area (Å²) in [6.07, 6.45) is -0.530. The zero-order valence-electron chi connectivity index (χ0n) is 17.7. The first-order valence-corrected chi connectivity index (χ1v) is 11.1. The van der Waals surface area contributed by atoms with Gasteiger partial charge in [-0.3, -0.25) is 9.36 Å². The number of nitrogens with two attached hydrogens (primary N) is 1. The first-order valence-electron chi connectivity index (χ1n) is 10.7. The van der Waals surface area contributed by atoms with Crippen molar-refractivity contribution in [2.45, 2.75) is 18.6 Å². The predicted molar refractivity (Wildman–Crippen MR) is 129 cm³/mol. The molecule has 3 aromatic carbocycles. The second kappa shape index (κ2) is 8.73. The highest BCUT2D eigenvalue weighted by atomic mass is 35.5. The van der Waals surface area contributed by atoms with Crippen molar-refractivity contribution >= 4 is 11.6 Å². The molecular weight excluding hydrogens is 438 g/mol. The Balaban J connectivity index is 1.75. The fourth-order valence-electron chi connectivity index (χ4n) is 4.33. The molecule has 0 bridgehead atoms. The molecule has 1 aliphatic heterocycles. The molecule has 7 heteroatoms. The third-order valence-electron chi connectivity index (χ3n) is 5.91. The number of hydrogen-bond acceptors (Lipinski definition) is 4. The van der Waals surface area contributed by atoms with E-state index in [1.807, 2.05) is 60.7 Å². The summed E-state index contributed by atoms with van der Waals surface area (Å²) in [5.74, 6) is 0.218. The molecule has 0 amide bonds. The van der Waals surface area contributed by atoms with Crippen LogP contribution in [0.4, 0.5) is 0 Å². The van der Waals surface area contributed by atoms with Gasteiger partial charge in [0.2, 0.25) is 5.88 Å². The Kier molecular flexibility index (Phi) is 5.62. The number of benzene rings is 3. The standard InChI is InChI=1S/C26H22ClN3O3/c27-20-14-8-7-13-19(20)23-24(31)30(22(28)15-17-9-3-1-4-10-17)26(32)29-21(16-33-25(23)29)18-11-5-2-6-12-18/h1-14,21-22H,15-16,28H2. The van der Waals surface area contributed by atoms with Crippen molar-refractivity contribution in [3.63, 3.8) is 0 Å². The lowest BCUT2D eigenvalue weighted by atomic mass is 10.1. The number of ether oxygens (including phenoxy) is 1. The SMILES string of the molecule is NC(Cc1ccccc1)n1c(=O)c(-c2ccccc2Cl)c2n(c1=O)C(c1ccccc1)CO2. The fraction of sp³-hybridized carbons (Fsp3) is 0.154. The smallest absolute Gasteiger partial charge is 0.335 e. The maximum atomic E-state index is 13.7. The molecule has 0 radical (unpaired) electrons. The lowest BCUT2D eigenvalue weighted by Gasteiger charge is -2.20. The van der Waals surface area contributed by atoms with Gasteiger partial charge in [0.25, 0.3) is 5.56 Å². The molecule has 1 aliphatic rings. The van der Waals surface area contributed by atoms with Crippen molar-refractivity contribution < 1.29 is 4.74 Å².